The van der Waals surface area contributed by atoms with Gasteiger partial charge in [-0.1, -0.05) is 0 Å². The van der Waals surface area contributed by atoms with Crippen molar-refractivity contribution in [2.24, 2.45) is 0 Å². The topological polar surface area (TPSA) is 42.7 Å². The summed E-state index contributed by atoms with van der Waals surface area (Å²) < 4.78 is 1.88. The van der Waals surface area contributed by atoms with Crippen molar-refractivity contribution in [3.05, 3.63) is 12.7 Å². The van der Waals surface area contributed by atoms with Crippen molar-refractivity contribution in [3.8, 4) is 0 Å². The Morgan fingerprint density at radius 3 is 3.08 bits per heavy atom. The summed E-state index contributed by atoms with van der Waals surface area (Å²) in [5, 5.41) is 7.45. The zero-order valence-electron chi connectivity index (χ0n) is 6.81. The summed E-state index contributed by atoms with van der Waals surface area (Å²) >= 11 is 0. The molecule has 0 amide bonds. The van der Waals surface area contributed by atoms with E-state index in [1.54, 1.807) is 12.7 Å². The van der Waals surface area contributed by atoms with Crippen LogP contribution >= 0.6 is 12.4 Å². The minimum absolute atomic E-state index is 0. The summed E-state index contributed by atoms with van der Waals surface area (Å²) in [4.78, 5) is 3.89. The van der Waals surface area contributed by atoms with E-state index in [9.17, 15) is 0 Å². The molecule has 68 valence electrons. The van der Waals surface area contributed by atoms with Gasteiger partial charge in [0.15, 0.2) is 0 Å². The number of halogens is 1. The van der Waals surface area contributed by atoms with Crippen molar-refractivity contribution in [2.45, 2.75) is 25.4 Å². The largest absolute Gasteiger partial charge is 0.312 e. The first-order valence-electron chi connectivity index (χ1n) is 4.01. The van der Waals surface area contributed by atoms with Crippen LogP contribution in [0.2, 0.25) is 0 Å². The van der Waals surface area contributed by atoms with E-state index in [-0.39, 0.29) is 12.4 Å². The van der Waals surface area contributed by atoms with E-state index in [1.807, 2.05) is 4.68 Å². The summed E-state index contributed by atoms with van der Waals surface area (Å²) in [6.07, 6.45) is 5.90. The Morgan fingerprint density at radius 1 is 1.58 bits per heavy atom. The van der Waals surface area contributed by atoms with Crippen molar-refractivity contribution in [3.63, 3.8) is 0 Å². The molecule has 12 heavy (non-hydrogen) atoms. The van der Waals surface area contributed by atoms with Gasteiger partial charge in [0.25, 0.3) is 0 Å². The summed E-state index contributed by atoms with van der Waals surface area (Å²) in [7, 11) is 0. The molecule has 0 aliphatic carbocycles. The number of aromatic nitrogens is 3. The highest BCUT2D eigenvalue weighted by Crippen LogP contribution is 2.05. The maximum Gasteiger partial charge on any atom is 0.137 e. The number of rotatable bonds is 2. The van der Waals surface area contributed by atoms with Crippen LogP contribution < -0.4 is 5.32 Å². The molecule has 1 aromatic rings. The normalized spacial score (nSPS) is 22.2. The smallest absolute Gasteiger partial charge is 0.137 e. The van der Waals surface area contributed by atoms with Gasteiger partial charge in [0.2, 0.25) is 0 Å². The molecule has 2 heterocycles. The van der Waals surface area contributed by atoms with E-state index in [0.29, 0.717) is 6.04 Å². The van der Waals surface area contributed by atoms with Crippen LogP contribution in [0.4, 0.5) is 0 Å². The fourth-order valence-corrected chi connectivity index (χ4v) is 1.47. The Labute approximate surface area is 77.8 Å². The second-order valence-electron chi connectivity index (χ2n) is 2.91. The average molecular weight is 189 g/mol. The number of nitrogens with zero attached hydrogens (tertiary/aromatic N) is 3. The summed E-state index contributed by atoms with van der Waals surface area (Å²) in [6.45, 7) is 2.11. The highest BCUT2D eigenvalue weighted by atomic mass is 35.5. The molecule has 1 aromatic heterocycles. The van der Waals surface area contributed by atoms with Crippen LogP contribution in [0.1, 0.15) is 12.8 Å². The minimum Gasteiger partial charge on any atom is -0.312 e. The lowest BCUT2D eigenvalue weighted by molar-refractivity contribution is 0.475. The molecule has 5 heteroatoms. The van der Waals surface area contributed by atoms with Gasteiger partial charge in [-0.3, -0.25) is 4.68 Å². The van der Waals surface area contributed by atoms with Gasteiger partial charge in [0.05, 0.1) is 6.54 Å². The highest BCUT2D eigenvalue weighted by molar-refractivity contribution is 5.85. The highest BCUT2D eigenvalue weighted by Gasteiger charge is 2.13. The van der Waals surface area contributed by atoms with Crippen LogP contribution in [0.5, 0.6) is 0 Å². The van der Waals surface area contributed by atoms with Crippen LogP contribution in [-0.4, -0.2) is 27.4 Å². The zero-order chi connectivity index (χ0) is 7.52. The molecule has 1 unspecified atom stereocenters. The maximum absolute atomic E-state index is 4.05. The molecule has 2 rings (SSSR count). The van der Waals surface area contributed by atoms with Gasteiger partial charge in [-0.2, -0.15) is 5.10 Å². The molecule has 1 fully saturated rings. The third-order valence-corrected chi connectivity index (χ3v) is 2.04. The molecule has 0 radical (unpaired) electrons. The number of nitrogens with one attached hydrogen (secondary N) is 1. The van der Waals surface area contributed by atoms with Crippen molar-refractivity contribution < 1.29 is 0 Å². The lowest BCUT2D eigenvalue weighted by atomic mass is 10.2. The zero-order valence-corrected chi connectivity index (χ0v) is 7.63. The second-order valence-corrected chi connectivity index (χ2v) is 2.91. The van der Waals surface area contributed by atoms with Crippen molar-refractivity contribution >= 4 is 12.4 Å². The Morgan fingerprint density at radius 2 is 2.50 bits per heavy atom. The molecule has 1 atom stereocenters. The molecule has 1 aliphatic heterocycles. The van der Waals surface area contributed by atoms with Gasteiger partial charge in [-0.25, -0.2) is 4.98 Å². The van der Waals surface area contributed by atoms with Gasteiger partial charge < -0.3 is 5.32 Å². The molecule has 4 nitrogen and oxygen atoms in total. The van der Waals surface area contributed by atoms with E-state index in [4.69, 9.17) is 0 Å². The molecule has 0 saturated carbocycles. The van der Waals surface area contributed by atoms with Gasteiger partial charge in [0.1, 0.15) is 12.7 Å². The molecule has 1 N–H and O–H groups in total. The molecule has 0 spiro atoms. The van der Waals surface area contributed by atoms with Crippen molar-refractivity contribution in [1.82, 2.24) is 20.1 Å². The Balaban J connectivity index is 0.000000720. The SMILES string of the molecule is Cl.c1ncn(CC2CCCN2)n1. The fraction of sp³-hybridized carbons (Fsp3) is 0.714. The lowest BCUT2D eigenvalue weighted by Crippen LogP contribution is -2.26. The second kappa shape index (κ2) is 4.42. The predicted octanol–water partition coefficient (Wildman–Crippen LogP) is 0.452. The maximum atomic E-state index is 4.05. The molecular weight excluding hydrogens is 176 g/mol. The van der Waals surface area contributed by atoms with Gasteiger partial charge in [-0.05, 0) is 19.4 Å². The standard InChI is InChI=1S/C7H12N4.ClH/c1-2-7(9-3-1)4-11-6-8-5-10-11;/h5-7,9H,1-4H2;1H. The summed E-state index contributed by atoms with van der Waals surface area (Å²) in [5.41, 5.74) is 0. The van der Waals surface area contributed by atoms with Crippen LogP contribution in [0.15, 0.2) is 12.7 Å². The van der Waals surface area contributed by atoms with E-state index < -0.39 is 0 Å². The first-order chi connectivity index (χ1) is 5.45. The summed E-state index contributed by atoms with van der Waals surface area (Å²) in [6, 6.07) is 0.608. The third-order valence-electron chi connectivity index (χ3n) is 2.04. The first-order valence-corrected chi connectivity index (χ1v) is 4.01. The summed E-state index contributed by atoms with van der Waals surface area (Å²) in [5.74, 6) is 0. The first kappa shape index (κ1) is 9.48. The molecule has 1 saturated heterocycles. The van der Waals surface area contributed by atoms with E-state index in [2.05, 4.69) is 15.4 Å². The lowest BCUT2D eigenvalue weighted by Gasteiger charge is -2.08. The van der Waals surface area contributed by atoms with E-state index in [1.165, 1.54) is 12.8 Å². The molecule has 0 bridgehead atoms. The molecule has 1 aliphatic rings. The molecule has 0 aromatic carbocycles. The van der Waals surface area contributed by atoms with Crippen LogP contribution in [-0.2, 0) is 6.54 Å². The van der Waals surface area contributed by atoms with Crippen molar-refractivity contribution in [2.75, 3.05) is 6.54 Å². The average Bonchev–Trinajstić information content (AvgIpc) is 2.60. The van der Waals surface area contributed by atoms with Crippen LogP contribution in [0.25, 0.3) is 0 Å². The number of hydrogen-bond acceptors (Lipinski definition) is 3. The minimum atomic E-state index is 0. The Bertz CT molecular complexity index is 205. The predicted molar refractivity (Wildman–Crippen MR) is 48.3 cm³/mol. The molecular formula is C7H13ClN4. The van der Waals surface area contributed by atoms with E-state index in [0.717, 1.165) is 13.1 Å². The van der Waals surface area contributed by atoms with E-state index >= 15 is 0 Å². The van der Waals surface area contributed by atoms with Crippen molar-refractivity contribution in [1.29, 1.82) is 0 Å². The van der Waals surface area contributed by atoms with Crippen LogP contribution in [0, 0.1) is 0 Å². The van der Waals surface area contributed by atoms with Gasteiger partial charge in [-0.15, -0.1) is 12.4 Å². The van der Waals surface area contributed by atoms with Gasteiger partial charge in [0, 0.05) is 6.04 Å². The van der Waals surface area contributed by atoms with Crippen LogP contribution in [0.3, 0.4) is 0 Å². The fourth-order valence-electron chi connectivity index (χ4n) is 1.47. The monoisotopic (exact) mass is 188 g/mol. The number of hydrogen-bond donors (Lipinski definition) is 1. The Hall–Kier alpha value is -0.610. The quantitative estimate of drug-likeness (QED) is 0.733. The third kappa shape index (κ3) is 2.19. The Kier molecular flexibility index (Phi) is 3.49. The van der Waals surface area contributed by atoms with Gasteiger partial charge >= 0.3 is 0 Å².